The summed E-state index contributed by atoms with van der Waals surface area (Å²) in [4.78, 5) is 8.30. The molecule has 1 heterocycles. The molecule has 1 aliphatic carbocycles. The fourth-order valence-electron chi connectivity index (χ4n) is 2.18. The van der Waals surface area contributed by atoms with Gasteiger partial charge in [-0.15, -0.1) is 0 Å². The van der Waals surface area contributed by atoms with Gasteiger partial charge < -0.3 is 5.32 Å². The molecule has 0 aliphatic heterocycles. The molecular weight excluding hydrogens is 246 g/mol. The van der Waals surface area contributed by atoms with E-state index in [1.807, 2.05) is 31.2 Å². The summed E-state index contributed by atoms with van der Waals surface area (Å²) in [6.45, 7) is 1.97. The Balaban J connectivity index is 1.68. The molecule has 0 spiro atoms. The fourth-order valence-corrected chi connectivity index (χ4v) is 2.38. The molecule has 2 atom stereocenters. The van der Waals surface area contributed by atoms with Crippen LogP contribution in [-0.2, 0) is 0 Å². The number of nitrogens with one attached hydrogen (secondary N) is 1. The maximum Gasteiger partial charge on any atom is 0.129 e. The fraction of sp³-hybridized carbons (Fsp3) is 0.286. The standard InChI is InChI=1S/C14H14ClN3/c1-9-5-14(17-8-16-9)18-13-7-12(13)10-3-2-4-11(15)6-10/h2-6,8,12-13H,7H2,1H3,(H,16,17,18). The molecule has 1 aliphatic rings. The Morgan fingerprint density at radius 2 is 2.17 bits per heavy atom. The Morgan fingerprint density at radius 1 is 1.28 bits per heavy atom. The molecule has 1 N–H and O–H groups in total. The van der Waals surface area contributed by atoms with Crippen molar-refractivity contribution >= 4 is 17.4 Å². The molecule has 2 unspecified atom stereocenters. The van der Waals surface area contributed by atoms with E-state index in [1.165, 1.54) is 5.56 Å². The number of aryl methyl sites for hydroxylation is 1. The number of benzene rings is 1. The minimum atomic E-state index is 0.456. The molecule has 1 fully saturated rings. The normalized spacial score (nSPS) is 21.7. The van der Waals surface area contributed by atoms with Crippen molar-refractivity contribution in [2.45, 2.75) is 25.3 Å². The van der Waals surface area contributed by atoms with E-state index in [0.29, 0.717) is 12.0 Å². The minimum absolute atomic E-state index is 0.456. The van der Waals surface area contributed by atoms with Gasteiger partial charge in [0.25, 0.3) is 0 Å². The maximum absolute atomic E-state index is 6.00. The first kappa shape index (κ1) is 11.5. The van der Waals surface area contributed by atoms with Crippen LogP contribution < -0.4 is 5.32 Å². The number of hydrogen-bond donors (Lipinski definition) is 1. The highest BCUT2D eigenvalue weighted by Gasteiger charge is 2.38. The Kier molecular flexibility index (Phi) is 2.92. The van der Waals surface area contributed by atoms with E-state index >= 15 is 0 Å². The van der Waals surface area contributed by atoms with Crippen LogP contribution in [0, 0.1) is 6.92 Å². The Labute approximate surface area is 111 Å². The topological polar surface area (TPSA) is 37.8 Å². The molecular formula is C14H14ClN3. The van der Waals surface area contributed by atoms with Gasteiger partial charge in [0.15, 0.2) is 0 Å². The number of hydrogen-bond acceptors (Lipinski definition) is 3. The lowest BCUT2D eigenvalue weighted by atomic mass is 10.1. The van der Waals surface area contributed by atoms with E-state index < -0.39 is 0 Å². The molecule has 1 aromatic heterocycles. The van der Waals surface area contributed by atoms with Crippen LogP contribution in [0.3, 0.4) is 0 Å². The first-order valence-corrected chi connectivity index (χ1v) is 6.41. The molecule has 3 rings (SSSR count). The molecule has 2 aromatic rings. The van der Waals surface area contributed by atoms with Gasteiger partial charge in [0.1, 0.15) is 12.1 Å². The lowest BCUT2D eigenvalue weighted by Gasteiger charge is -2.05. The number of aromatic nitrogens is 2. The molecule has 18 heavy (non-hydrogen) atoms. The van der Waals surface area contributed by atoms with Crippen molar-refractivity contribution < 1.29 is 0 Å². The van der Waals surface area contributed by atoms with Crippen molar-refractivity contribution in [3.63, 3.8) is 0 Å². The number of nitrogens with zero attached hydrogens (tertiary/aromatic N) is 2. The number of rotatable bonds is 3. The monoisotopic (exact) mass is 259 g/mol. The van der Waals surface area contributed by atoms with Crippen molar-refractivity contribution in [3.05, 3.63) is 52.9 Å². The third kappa shape index (κ3) is 2.46. The predicted molar refractivity (Wildman–Crippen MR) is 73.0 cm³/mol. The quantitative estimate of drug-likeness (QED) is 0.918. The number of anilines is 1. The molecule has 0 amide bonds. The molecule has 1 aromatic carbocycles. The Morgan fingerprint density at radius 3 is 2.94 bits per heavy atom. The summed E-state index contributed by atoms with van der Waals surface area (Å²) in [5.74, 6) is 1.44. The van der Waals surface area contributed by atoms with Gasteiger partial charge in [-0.25, -0.2) is 9.97 Å². The summed E-state index contributed by atoms with van der Waals surface area (Å²) in [7, 11) is 0. The molecule has 0 radical (unpaired) electrons. The molecule has 0 saturated heterocycles. The highest BCUT2D eigenvalue weighted by Crippen LogP contribution is 2.43. The van der Waals surface area contributed by atoms with Crippen molar-refractivity contribution in [2.75, 3.05) is 5.32 Å². The van der Waals surface area contributed by atoms with Gasteiger partial charge >= 0.3 is 0 Å². The minimum Gasteiger partial charge on any atom is -0.367 e. The second-order valence-electron chi connectivity index (χ2n) is 4.69. The van der Waals surface area contributed by atoms with Crippen molar-refractivity contribution in [2.24, 2.45) is 0 Å². The largest absolute Gasteiger partial charge is 0.367 e. The van der Waals surface area contributed by atoms with Gasteiger partial charge in [0.2, 0.25) is 0 Å². The van der Waals surface area contributed by atoms with Gasteiger partial charge in [0, 0.05) is 28.7 Å². The van der Waals surface area contributed by atoms with Crippen LogP contribution in [0.1, 0.15) is 23.6 Å². The van der Waals surface area contributed by atoms with Crippen LogP contribution in [-0.4, -0.2) is 16.0 Å². The van der Waals surface area contributed by atoms with Crippen LogP contribution in [0.5, 0.6) is 0 Å². The van der Waals surface area contributed by atoms with E-state index in [2.05, 4.69) is 21.4 Å². The predicted octanol–water partition coefficient (Wildman–Crippen LogP) is 3.41. The van der Waals surface area contributed by atoms with Crippen molar-refractivity contribution in [3.8, 4) is 0 Å². The summed E-state index contributed by atoms with van der Waals surface area (Å²) < 4.78 is 0. The van der Waals surface area contributed by atoms with E-state index in [0.717, 1.165) is 23.0 Å². The molecule has 1 saturated carbocycles. The summed E-state index contributed by atoms with van der Waals surface area (Å²) in [6, 6.07) is 10.5. The summed E-state index contributed by atoms with van der Waals surface area (Å²) in [5, 5.41) is 4.23. The zero-order chi connectivity index (χ0) is 12.5. The van der Waals surface area contributed by atoms with Crippen molar-refractivity contribution in [1.82, 2.24) is 9.97 Å². The van der Waals surface area contributed by atoms with E-state index in [9.17, 15) is 0 Å². The lowest BCUT2D eigenvalue weighted by Crippen LogP contribution is -2.06. The first-order valence-electron chi connectivity index (χ1n) is 6.03. The SMILES string of the molecule is Cc1cc(NC2CC2c2cccc(Cl)c2)ncn1. The molecule has 92 valence electrons. The van der Waals surface area contributed by atoms with Gasteiger partial charge in [-0.2, -0.15) is 0 Å². The summed E-state index contributed by atoms with van der Waals surface area (Å²) in [5.41, 5.74) is 2.28. The van der Waals surface area contributed by atoms with Crippen LogP contribution in [0.4, 0.5) is 5.82 Å². The Hall–Kier alpha value is -1.61. The van der Waals surface area contributed by atoms with E-state index in [1.54, 1.807) is 6.33 Å². The average Bonchev–Trinajstić information content (AvgIpc) is 3.08. The maximum atomic E-state index is 6.00. The van der Waals surface area contributed by atoms with Gasteiger partial charge in [-0.3, -0.25) is 0 Å². The summed E-state index contributed by atoms with van der Waals surface area (Å²) in [6.07, 6.45) is 2.72. The highest BCUT2D eigenvalue weighted by molar-refractivity contribution is 6.30. The second kappa shape index (κ2) is 4.58. The molecule has 4 heteroatoms. The van der Waals surface area contributed by atoms with Crippen LogP contribution in [0.25, 0.3) is 0 Å². The first-order chi connectivity index (χ1) is 8.72. The third-order valence-electron chi connectivity index (χ3n) is 3.20. The Bertz CT molecular complexity index is 570. The molecule has 3 nitrogen and oxygen atoms in total. The van der Waals surface area contributed by atoms with E-state index in [-0.39, 0.29) is 0 Å². The third-order valence-corrected chi connectivity index (χ3v) is 3.44. The van der Waals surface area contributed by atoms with Gasteiger partial charge in [-0.1, -0.05) is 23.7 Å². The van der Waals surface area contributed by atoms with Gasteiger partial charge in [-0.05, 0) is 31.0 Å². The molecule has 0 bridgehead atoms. The van der Waals surface area contributed by atoms with Crippen LogP contribution >= 0.6 is 11.6 Å². The second-order valence-corrected chi connectivity index (χ2v) is 5.13. The lowest BCUT2D eigenvalue weighted by molar-refractivity contribution is 1.01. The van der Waals surface area contributed by atoms with Crippen LogP contribution in [0.2, 0.25) is 5.02 Å². The summed E-state index contributed by atoms with van der Waals surface area (Å²) >= 11 is 6.00. The number of halogens is 1. The van der Waals surface area contributed by atoms with Crippen LogP contribution in [0.15, 0.2) is 36.7 Å². The zero-order valence-electron chi connectivity index (χ0n) is 10.1. The highest BCUT2D eigenvalue weighted by atomic mass is 35.5. The zero-order valence-corrected chi connectivity index (χ0v) is 10.9. The van der Waals surface area contributed by atoms with Gasteiger partial charge in [0.05, 0.1) is 0 Å². The van der Waals surface area contributed by atoms with Crippen molar-refractivity contribution in [1.29, 1.82) is 0 Å². The average molecular weight is 260 g/mol. The van der Waals surface area contributed by atoms with E-state index in [4.69, 9.17) is 11.6 Å². The smallest absolute Gasteiger partial charge is 0.129 e.